The van der Waals surface area contributed by atoms with Crippen LogP contribution in [-0.4, -0.2) is 32.7 Å². The van der Waals surface area contributed by atoms with E-state index in [1.54, 1.807) is 23.9 Å². The summed E-state index contributed by atoms with van der Waals surface area (Å²) >= 11 is 1.67. The van der Waals surface area contributed by atoms with E-state index in [0.29, 0.717) is 6.42 Å². The molecule has 0 aromatic heterocycles. The average molecular weight is 374 g/mol. The van der Waals surface area contributed by atoms with Crippen LogP contribution in [0.4, 0.5) is 0 Å². The predicted octanol–water partition coefficient (Wildman–Crippen LogP) is 4.19. The van der Waals surface area contributed by atoms with Gasteiger partial charge in [-0.25, -0.2) is 0 Å². The zero-order valence-electron chi connectivity index (χ0n) is 15.3. The van der Waals surface area contributed by atoms with Crippen molar-refractivity contribution >= 4 is 11.8 Å². The standard InChI is InChI=1S/C21H27NO3S/c1-3-15(23)12-21(4-2)13-26-19-11-18(25)17(24)10-16(19)20(22-21)14-8-6-5-7-9-14/h5-11,15,20,22-25H,3-4,12-13H2,1-2H3/t15?,20-,21-/m0/s1. The number of rotatable bonds is 5. The summed E-state index contributed by atoms with van der Waals surface area (Å²) in [5.74, 6) is 0.589. The lowest BCUT2D eigenvalue weighted by atomic mass is 9.87. The number of phenolic OH excluding ortho intramolecular Hbond substituents is 2. The lowest BCUT2D eigenvalue weighted by molar-refractivity contribution is 0.116. The summed E-state index contributed by atoms with van der Waals surface area (Å²) in [6.07, 6.45) is 1.91. The Balaban J connectivity index is 2.08. The first kappa shape index (κ1) is 19.1. The maximum Gasteiger partial charge on any atom is 0.158 e. The predicted molar refractivity (Wildman–Crippen MR) is 106 cm³/mol. The van der Waals surface area contributed by atoms with E-state index < -0.39 is 0 Å². The minimum atomic E-state index is -0.359. The third-order valence-corrected chi connectivity index (χ3v) is 6.64. The van der Waals surface area contributed by atoms with Crippen molar-refractivity contribution in [2.45, 2.75) is 55.7 Å². The van der Waals surface area contributed by atoms with Crippen molar-refractivity contribution in [3.63, 3.8) is 0 Å². The highest BCUT2D eigenvalue weighted by Crippen LogP contribution is 2.44. The van der Waals surface area contributed by atoms with Crippen molar-refractivity contribution in [3.05, 3.63) is 53.6 Å². The summed E-state index contributed by atoms with van der Waals surface area (Å²) in [6, 6.07) is 13.3. The van der Waals surface area contributed by atoms with Gasteiger partial charge in [-0.3, -0.25) is 5.32 Å². The highest BCUT2D eigenvalue weighted by Gasteiger charge is 2.37. The van der Waals surface area contributed by atoms with Gasteiger partial charge in [-0.2, -0.15) is 0 Å². The van der Waals surface area contributed by atoms with E-state index in [-0.39, 0.29) is 29.2 Å². The van der Waals surface area contributed by atoms with Crippen LogP contribution in [0.25, 0.3) is 0 Å². The van der Waals surface area contributed by atoms with Crippen molar-refractivity contribution in [2.75, 3.05) is 5.75 Å². The molecule has 0 amide bonds. The SMILES string of the molecule is CCC(O)C[C@@]1(CC)CSc2cc(O)c(O)cc2[C@H](c2ccccc2)N1. The summed E-state index contributed by atoms with van der Waals surface area (Å²) in [5, 5.41) is 34.2. The lowest BCUT2D eigenvalue weighted by Crippen LogP contribution is -2.50. The van der Waals surface area contributed by atoms with Gasteiger partial charge in [0.05, 0.1) is 12.1 Å². The van der Waals surface area contributed by atoms with Gasteiger partial charge in [0.25, 0.3) is 0 Å². The van der Waals surface area contributed by atoms with Crippen molar-refractivity contribution < 1.29 is 15.3 Å². The van der Waals surface area contributed by atoms with E-state index in [2.05, 4.69) is 24.4 Å². The molecule has 0 radical (unpaired) electrons. The van der Waals surface area contributed by atoms with Gasteiger partial charge in [0.2, 0.25) is 0 Å². The Kier molecular flexibility index (Phi) is 5.80. The number of fused-ring (bicyclic) bond motifs is 1. The van der Waals surface area contributed by atoms with Gasteiger partial charge in [0, 0.05) is 16.2 Å². The molecule has 3 atom stereocenters. The Morgan fingerprint density at radius 2 is 1.85 bits per heavy atom. The fourth-order valence-electron chi connectivity index (χ4n) is 3.54. The maximum absolute atomic E-state index is 10.3. The van der Waals surface area contributed by atoms with Crippen molar-refractivity contribution in [3.8, 4) is 11.5 Å². The van der Waals surface area contributed by atoms with E-state index in [0.717, 1.165) is 34.6 Å². The summed E-state index contributed by atoms with van der Waals surface area (Å²) in [4.78, 5) is 0.961. The number of nitrogens with one attached hydrogen (secondary N) is 1. The molecular weight excluding hydrogens is 346 g/mol. The number of phenols is 2. The molecular formula is C21H27NO3S. The van der Waals surface area contributed by atoms with Crippen LogP contribution in [0.2, 0.25) is 0 Å². The molecule has 4 N–H and O–H groups in total. The first-order chi connectivity index (χ1) is 12.5. The van der Waals surface area contributed by atoms with Gasteiger partial charge >= 0.3 is 0 Å². The number of thioether (sulfide) groups is 1. The van der Waals surface area contributed by atoms with Gasteiger partial charge in [-0.15, -0.1) is 11.8 Å². The fourth-order valence-corrected chi connectivity index (χ4v) is 4.91. The van der Waals surface area contributed by atoms with Crippen LogP contribution < -0.4 is 5.32 Å². The summed E-state index contributed by atoms with van der Waals surface area (Å²) < 4.78 is 0. The van der Waals surface area contributed by atoms with Crippen LogP contribution >= 0.6 is 11.8 Å². The molecule has 2 aromatic rings. The summed E-state index contributed by atoms with van der Waals surface area (Å²) in [5.41, 5.74) is 1.83. The van der Waals surface area contributed by atoms with Crippen LogP contribution in [0.3, 0.4) is 0 Å². The third kappa shape index (κ3) is 3.85. The number of aliphatic hydroxyl groups is 1. The van der Waals surface area contributed by atoms with Gasteiger partial charge in [-0.1, -0.05) is 44.2 Å². The number of hydrogen-bond acceptors (Lipinski definition) is 5. The summed E-state index contributed by atoms with van der Waals surface area (Å²) in [7, 11) is 0. The monoisotopic (exact) mass is 373 g/mol. The molecule has 0 aliphatic carbocycles. The number of hydrogen-bond donors (Lipinski definition) is 4. The topological polar surface area (TPSA) is 72.7 Å². The Morgan fingerprint density at radius 1 is 1.15 bits per heavy atom. The van der Waals surface area contributed by atoms with E-state index >= 15 is 0 Å². The second-order valence-electron chi connectivity index (χ2n) is 7.06. The normalized spacial score (nSPS) is 23.9. The van der Waals surface area contributed by atoms with Crippen LogP contribution in [0.1, 0.15) is 50.3 Å². The first-order valence-corrected chi connectivity index (χ1v) is 10.2. The highest BCUT2D eigenvalue weighted by molar-refractivity contribution is 7.99. The molecule has 1 aliphatic heterocycles. The molecule has 0 fully saturated rings. The zero-order valence-corrected chi connectivity index (χ0v) is 16.1. The molecule has 0 saturated heterocycles. The van der Waals surface area contributed by atoms with Gasteiger partial charge in [0.15, 0.2) is 11.5 Å². The Labute approximate surface area is 159 Å². The number of aliphatic hydroxyl groups excluding tert-OH is 1. The van der Waals surface area contributed by atoms with Crippen LogP contribution in [0.5, 0.6) is 11.5 Å². The number of aromatic hydroxyl groups is 2. The van der Waals surface area contributed by atoms with Crippen LogP contribution in [-0.2, 0) is 0 Å². The molecule has 1 heterocycles. The van der Waals surface area contributed by atoms with Gasteiger partial charge in [0.1, 0.15) is 0 Å². The minimum absolute atomic E-state index is 0.0966. The first-order valence-electron chi connectivity index (χ1n) is 9.17. The van der Waals surface area contributed by atoms with Crippen molar-refractivity contribution in [1.82, 2.24) is 5.32 Å². The van der Waals surface area contributed by atoms with Gasteiger partial charge < -0.3 is 15.3 Å². The third-order valence-electron chi connectivity index (χ3n) is 5.28. The van der Waals surface area contributed by atoms with Crippen molar-refractivity contribution in [1.29, 1.82) is 0 Å². The van der Waals surface area contributed by atoms with E-state index in [4.69, 9.17) is 0 Å². The molecule has 1 unspecified atom stereocenters. The molecule has 4 nitrogen and oxygen atoms in total. The lowest BCUT2D eigenvalue weighted by Gasteiger charge is -2.37. The highest BCUT2D eigenvalue weighted by atomic mass is 32.2. The molecule has 5 heteroatoms. The average Bonchev–Trinajstić information content (AvgIpc) is 2.81. The molecule has 26 heavy (non-hydrogen) atoms. The molecule has 0 bridgehead atoms. The largest absolute Gasteiger partial charge is 0.504 e. The Hall–Kier alpha value is -1.69. The smallest absolute Gasteiger partial charge is 0.158 e. The second-order valence-corrected chi connectivity index (χ2v) is 8.07. The van der Waals surface area contributed by atoms with E-state index in [9.17, 15) is 15.3 Å². The summed E-state index contributed by atoms with van der Waals surface area (Å²) in [6.45, 7) is 4.14. The van der Waals surface area contributed by atoms with Crippen LogP contribution in [0.15, 0.2) is 47.4 Å². The quantitative estimate of drug-likeness (QED) is 0.592. The van der Waals surface area contributed by atoms with E-state index in [1.165, 1.54) is 0 Å². The maximum atomic E-state index is 10.3. The molecule has 0 saturated carbocycles. The van der Waals surface area contributed by atoms with Crippen LogP contribution in [0, 0.1) is 0 Å². The molecule has 3 rings (SSSR count). The molecule has 1 aliphatic rings. The van der Waals surface area contributed by atoms with Gasteiger partial charge in [-0.05, 0) is 42.5 Å². The Bertz CT molecular complexity index is 752. The fraction of sp³-hybridized carbons (Fsp3) is 0.429. The van der Waals surface area contributed by atoms with Crippen molar-refractivity contribution in [2.24, 2.45) is 0 Å². The molecule has 2 aromatic carbocycles. The molecule has 0 spiro atoms. The van der Waals surface area contributed by atoms with E-state index in [1.807, 2.05) is 25.1 Å². The number of benzene rings is 2. The molecule has 140 valence electrons. The zero-order chi connectivity index (χ0) is 18.7. The minimum Gasteiger partial charge on any atom is -0.504 e. The second kappa shape index (κ2) is 7.91. The Morgan fingerprint density at radius 3 is 2.50 bits per heavy atom.